The Balaban J connectivity index is 1.48. The molecule has 0 saturated carbocycles. The molecule has 8 heteroatoms. The summed E-state index contributed by atoms with van der Waals surface area (Å²) in [6, 6.07) is 9.16. The summed E-state index contributed by atoms with van der Waals surface area (Å²) in [6.45, 7) is 1.99. The van der Waals surface area contributed by atoms with Crippen molar-refractivity contribution in [2.24, 2.45) is 0 Å². The number of nitrogens with two attached hydrogens (primary N) is 1. The highest BCUT2D eigenvalue weighted by molar-refractivity contribution is 5.78. The molecule has 1 aliphatic rings. The van der Waals surface area contributed by atoms with Gasteiger partial charge in [0.2, 0.25) is 0 Å². The van der Waals surface area contributed by atoms with E-state index in [1.54, 1.807) is 25.4 Å². The molecule has 1 aromatic carbocycles. The van der Waals surface area contributed by atoms with Crippen LogP contribution in [0.4, 0.5) is 5.82 Å². The first-order chi connectivity index (χ1) is 13.0. The van der Waals surface area contributed by atoms with E-state index >= 15 is 0 Å². The van der Waals surface area contributed by atoms with Crippen LogP contribution in [0.25, 0.3) is 0 Å². The van der Waals surface area contributed by atoms with Gasteiger partial charge in [-0.3, -0.25) is 9.69 Å². The van der Waals surface area contributed by atoms with Gasteiger partial charge in [0.25, 0.3) is 5.91 Å². The zero-order chi connectivity index (χ0) is 19.2. The number of rotatable bonds is 7. The molecule has 0 spiro atoms. The largest absolute Gasteiger partial charge is 0.497 e. The summed E-state index contributed by atoms with van der Waals surface area (Å²) in [4.78, 5) is 24.9. The van der Waals surface area contributed by atoms with Gasteiger partial charge >= 0.3 is 0 Å². The Morgan fingerprint density at radius 1 is 1.37 bits per heavy atom. The Morgan fingerprint density at radius 3 is 2.96 bits per heavy atom. The lowest BCUT2D eigenvalue weighted by Gasteiger charge is -2.24. The summed E-state index contributed by atoms with van der Waals surface area (Å²) in [5, 5.41) is 0. The molecule has 1 atom stereocenters. The zero-order valence-corrected chi connectivity index (χ0v) is 15.7. The second-order valence-corrected chi connectivity index (χ2v) is 6.56. The fourth-order valence-corrected chi connectivity index (χ4v) is 3.10. The van der Waals surface area contributed by atoms with Crippen LogP contribution in [0.2, 0.25) is 0 Å². The van der Waals surface area contributed by atoms with E-state index in [4.69, 9.17) is 15.2 Å². The highest BCUT2D eigenvalue weighted by Crippen LogP contribution is 2.20. The summed E-state index contributed by atoms with van der Waals surface area (Å²) >= 11 is 0. The van der Waals surface area contributed by atoms with Crippen LogP contribution in [-0.2, 0) is 11.3 Å². The van der Waals surface area contributed by atoms with Crippen LogP contribution >= 0.6 is 0 Å². The number of aromatic nitrogens is 2. The Hall–Kier alpha value is -2.87. The van der Waals surface area contributed by atoms with Crippen molar-refractivity contribution in [2.45, 2.75) is 19.0 Å². The first-order valence-electron chi connectivity index (χ1n) is 8.87. The van der Waals surface area contributed by atoms with E-state index in [0.29, 0.717) is 42.8 Å². The molecule has 2 heterocycles. The van der Waals surface area contributed by atoms with E-state index in [1.807, 2.05) is 30.1 Å². The quantitative estimate of drug-likeness (QED) is 0.781. The molecule has 1 aliphatic heterocycles. The molecule has 1 fully saturated rings. The van der Waals surface area contributed by atoms with Gasteiger partial charge < -0.3 is 20.1 Å². The van der Waals surface area contributed by atoms with Crippen LogP contribution < -0.4 is 15.2 Å². The number of nitrogen functional groups attached to an aromatic ring is 1. The van der Waals surface area contributed by atoms with E-state index in [2.05, 4.69) is 14.9 Å². The highest BCUT2D eigenvalue weighted by Gasteiger charge is 2.29. The first-order valence-corrected chi connectivity index (χ1v) is 8.87. The molecule has 8 nitrogen and oxygen atoms in total. The van der Waals surface area contributed by atoms with E-state index in [-0.39, 0.29) is 18.6 Å². The van der Waals surface area contributed by atoms with E-state index in [0.717, 1.165) is 6.42 Å². The molecule has 1 amide bonds. The average molecular weight is 371 g/mol. The van der Waals surface area contributed by atoms with Gasteiger partial charge in [-0.05, 0) is 31.7 Å². The summed E-state index contributed by atoms with van der Waals surface area (Å²) < 4.78 is 10.8. The van der Waals surface area contributed by atoms with Crippen LogP contribution in [0.1, 0.15) is 12.2 Å². The molecule has 0 aliphatic carbocycles. The fourth-order valence-electron chi connectivity index (χ4n) is 3.10. The van der Waals surface area contributed by atoms with Crippen molar-refractivity contribution in [1.29, 1.82) is 0 Å². The number of anilines is 1. The molecule has 2 aromatic rings. The minimum atomic E-state index is -0.0195. The molecule has 0 radical (unpaired) electrons. The van der Waals surface area contributed by atoms with Crippen LogP contribution in [0.5, 0.6) is 11.5 Å². The molecular formula is C19H25N5O3. The maximum Gasteiger partial charge on any atom is 0.260 e. The van der Waals surface area contributed by atoms with Gasteiger partial charge in [0.1, 0.15) is 23.1 Å². The van der Waals surface area contributed by atoms with Crippen molar-refractivity contribution >= 4 is 11.7 Å². The van der Waals surface area contributed by atoms with Crippen molar-refractivity contribution in [1.82, 2.24) is 19.8 Å². The normalized spacial score (nSPS) is 16.6. The number of likely N-dealkylation sites (tertiary alicyclic amines) is 1. The number of benzene rings is 1. The second-order valence-electron chi connectivity index (χ2n) is 6.56. The molecule has 1 saturated heterocycles. The topological polar surface area (TPSA) is 93.8 Å². The summed E-state index contributed by atoms with van der Waals surface area (Å²) in [5.41, 5.74) is 5.70. The smallest absolute Gasteiger partial charge is 0.260 e. The fraction of sp³-hybridized carbons (Fsp3) is 0.421. The predicted molar refractivity (Wildman–Crippen MR) is 101 cm³/mol. The molecular weight excluding hydrogens is 346 g/mol. The molecule has 2 N–H and O–H groups in total. The SMILES string of the molecule is COc1cccc(OCC(=O)N2CC[C@@H](N(C)Cc3nccc(N)n3)C2)c1. The third-order valence-corrected chi connectivity index (χ3v) is 4.66. The van der Waals surface area contributed by atoms with Gasteiger partial charge in [-0.1, -0.05) is 6.07 Å². The number of methoxy groups -OCH3 is 1. The average Bonchev–Trinajstić information content (AvgIpc) is 3.17. The number of amides is 1. The van der Waals surface area contributed by atoms with E-state index in [1.165, 1.54) is 0 Å². The third kappa shape index (κ3) is 5.07. The van der Waals surface area contributed by atoms with Gasteiger partial charge in [0, 0.05) is 31.4 Å². The predicted octanol–water partition coefficient (Wildman–Crippen LogP) is 1.18. The lowest BCUT2D eigenvalue weighted by Crippen LogP contribution is -2.38. The van der Waals surface area contributed by atoms with Crippen molar-refractivity contribution in [3.8, 4) is 11.5 Å². The molecule has 27 heavy (non-hydrogen) atoms. The number of carbonyl (C=O) groups is 1. The maximum atomic E-state index is 12.5. The second kappa shape index (κ2) is 8.68. The van der Waals surface area contributed by atoms with Crippen LogP contribution in [0.3, 0.4) is 0 Å². The standard InChI is InChI=1S/C19H25N5O3/c1-23(12-18-21-8-6-17(20)22-18)14-7-9-24(11-14)19(25)13-27-16-5-3-4-15(10-16)26-2/h3-6,8,10,14H,7,9,11-13H2,1-2H3,(H2,20,21,22)/t14-/m1/s1. The monoisotopic (exact) mass is 371 g/mol. The lowest BCUT2D eigenvalue weighted by atomic mass is 10.2. The maximum absolute atomic E-state index is 12.5. The number of carbonyl (C=O) groups excluding carboxylic acids is 1. The van der Waals surface area contributed by atoms with Crippen molar-refractivity contribution in [3.63, 3.8) is 0 Å². The highest BCUT2D eigenvalue weighted by atomic mass is 16.5. The number of hydrogen-bond donors (Lipinski definition) is 1. The van der Waals surface area contributed by atoms with E-state index < -0.39 is 0 Å². The Morgan fingerprint density at radius 2 is 2.19 bits per heavy atom. The van der Waals surface area contributed by atoms with Crippen LogP contribution in [0.15, 0.2) is 36.5 Å². The summed E-state index contributed by atoms with van der Waals surface area (Å²) in [5.74, 6) is 2.45. The number of ether oxygens (including phenoxy) is 2. The van der Waals surface area contributed by atoms with Gasteiger partial charge in [-0.15, -0.1) is 0 Å². The summed E-state index contributed by atoms with van der Waals surface area (Å²) in [6.07, 6.45) is 2.57. The molecule has 0 bridgehead atoms. The summed E-state index contributed by atoms with van der Waals surface area (Å²) in [7, 11) is 3.61. The molecule has 0 unspecified atom stereocenters. The van der Waals surface area contributed by atoms with Crippen LogP contribution in [-0.4, -0.2) is 65.6 Å². The van der Waals surface area contributed by atoms with Crippen LogP contribution in [0, 0.1) is 0 Å². The Labute approximate surface area is 158 Å². The molecule has 1 aromatic heterocycles. The minimum absolute atomic E-state index is 0.0158. The van der Waals surface area contributed by atoms with Gasteiger partial charge in [0.15, 0.2) is 6.61 Å². The Kier molecular flexibility index (Phi) is 6.08. The molecule has 3 rings (SSSR count). The number of nitrogens with zero attached hydrogens (tertiary/aromatic N) is 4. The van der Waals surface area contributed by atoms with Crippen molar-refractivity contribution in [3.05, 3.63) is 42.4 Å². The van der Waals surface area contributed by atoms with E-state index in [9.17, 15) is 4.79 Å². The van der Waals surface area contributed by atoms with Gasteiger partial charge in [0.05, 0.1) is 13.7 Å². The number of hydrogen-bond acceptors (Lipinski definition) is 7. The van der Waals surface area contributed by atoms with Gasteiger partial charge in [-0.25, -0.2) is 9.97 Å². The lowest BCUT2D eigenvalue weighted by molar-refractivity contribution is -0.132. The minimum Gasteiger partial charge on any atom is -0.497 e. The third-order valence-electron chi connectivity index (χ3n) is 4.66. The number of likely N-dealkylation sites (N-methyl/N-ethyl adjacent to an activating group) is 1. The van der Waals surface area contributed by atoms with Crippen molar-refractivity contribution < 1.29 is 14.3 Å². The Bertz CT molecular complexity index is 785. The van der Waals surface area contributed by atoms with Crippen molar-refractivity contribution in [2.75, 3.05) is 39.6 Å². The first kappa shape index (κ1) is 18.9. The zero-order valence-electron chi connectivity index (χ0n) is 15.7. The van der Waals surface area contributed by atoms with Gasteiger partial charge in [-0.2, -0.15) is 0 Å². The molecule has 144 valence electrons.